The molecule has 0 bridgehead atoms. The van der Waals surface area contributed by atoms with Gasteiger partial charge in [0, 0.05) is 5.56 Å². The fraction of sp³-hybridized carbons (Fsp3) is 0.150. The third kappa shape index (κ3) is 4.69. The summed E-state index contributed by atoms with van der Waals surface area (Å²) in [7, 11) is 1.53. The average Bonchev–Trinajstić information content (AvgIpc) is 2.98. The maximum atomic E-state index is 12.7. The molecule has 0 atom stereocenters. The van der Waals surface area contributed by atoms with Gasteiger partial charge in [-0.3, -0.25) is 15.0 Å². The van der Waals surface area contributed by atoms with E-state index in [-0.39, 0.29) is 10.1 Å². The topological polar surface area (TPSA) is 88.1 Å². The zero-order valence-corrected chi connectivity index (χ0v) is 17.3. The van der Waals surface area contributed by atoms with E-state index in [0.29, 0.717) is 34.1 Å². The zero-order chi connectivity index (χ0) is 21.0. The van der Waals surface area contributed by atoms with E-state index in [1.807, 2.05) is 6.92 Å². The highest BCUT2D eigenvalue weighted by molar-refractivity contribution is 8.26. The van der Waals surface area contributed by atoms with Gasteiger partial charge in [-0.15, -0.1) is 0 Å². The SMILES string of the molecule is CCOc1cc(/C=C2/SC(=S)N(NC(=O)c3ccc(OC)cc3)C2=O)ccc1O. The summed E-state index contributed by atoms with van der Waals surface area (Å²) < 4.78 is 10.6. The third-order valence-electron chi connectivity index (χ3n) is 3.94. The number of hydrogen-bond acceptors (Lipinski definition) is 7. The Labute approximate surface area is 177 Å². The summed E-state index contributed by atoms with van der Waals surface area (Å²) >= 11 is 6.31. The van der Waals surface area contributed by atoms with Crippen LogP contribution in [0.5, 0.6) is 17.2 Å². The maximum Gasteiger partial charge on any atom is 0.285 e. The summed E-state index contributed by atoms with van der Waals surface area (Å²) in [6.07, 6.45) is 1.63. The number of aromatic hydroxyl groups is 1. The summed E-state index contributed by atoms with van der Waals surface area (Å²) in [5, 5.41) is 10.8. The maximum absolute atomic E-state index is 12.7. The number of methoxy groups -OCH3 is 1. The summed E-state index contributed by atoms with van der Waals surface area (Å²) in [4.78, 5) is 25.5. The third-order valence-corrected chi connectivity index (χ3v) is 5.24. The number of thioether (sulfide) groups is 1. The molecule has 2 N–H and O–H groups in total. The van der Waals surface area contributed by atoms with Crippen LogP contribution in [0.1, 0.15) is 22.8 Å². The first kappa shape index (κ1) is 20.7. The largest absolute Gasteiger partial charge is 0.504 e. The van der Waals surface area contributed by atoms with Crippen molar-refractivity contribution in [3.63, 3.8) is 0 Å². The van der Waals surface area contributed by atoms with Gasteiger partial charge in [0.05, 0.1) is 18.6 Å². The van der Waals surface area contributed by atoms with Crippen LogP contribution in [0.25, 0.3) is 6.08 Å². The number of thiocarbonyl (C=S) groups is 1. The van der Waals surface area contributed by atoms with Crippen LogP contribution in [0.3, 0.4) is 0 Å². The molecule has 0 aromatic heterocycles. The van der Waals surface area contributed by atoms with Gasteiger partial charge in [0.15, 0.2) is 15.8 Å². The molecule has 2 aromatic rings. The lowest BCUT2D eigenvalue weighted by atomic mass is 10.2. The number of phenolic OH excluding ortho intramolecular Hbond substituents is 1. The molecule has 9 heteroatoms. The van der Waals surface area contributed by atoms with Crippen molar-refractivity contribution >= 4 is 46.2 Å². The van der Waals surface area contributed by atoms with Crippen LogP contribution in [0.15, 0.2) is 47.4 Å². The number of hydrazine groups is 1. The Morgan fingerprint density at radius 1 is 1.28 bits per heavy atom. The molecule has 0 aliphatic carbocycles. The van der Waals surface area contributed by atoms with Gasteiger partial charge in [0.2, 0.25) is 0 Å². The average molecular weight is 431 g/mol. The molecule has 0 unspecified atom stereocenters. The van der Waals surface area contributed by atoms with E-state index in [9.17, 15) is 14.7 Å². The second-order valence-corrected chi connectivity index (χ2v) is 7.52. The second kappa shape index (κ2) is 8.97. The Hall–Kier alpha value is -3.04. The van der Waals surface area contributed by atoms with E-state index >= 15 is 0 Å². The molecule has 3 rings (SSSR count). The molecule has 2 aromatic carbocycles. The molecular formula is C20H18N2O5S2. The minimum absolute atomic E-state index is 0.0169. The first-order valence-electron chi connectivity index (χ1n) is 8.61. The predicted molar refractivity (Wildman–Crippen MR) is 115 cm³/mol. The van der Waals surface area contributed by atoms with Crippen molar-refractivity contribution in [2.45, 2.75) is 6.92 Å². The number of amides is 2. The molecule has 29 heavy (non-hydrogen) atoms. The van der Waals surface area contributed by atoms with E-state index in [0.717, 1.165) is 16.8 Å². The van der Waals surface area contributed by atoms with Crippen LogP contribution in [-0.4, -0.2) is 40.0 Å². The van der Waals surface area contributed by atoms with E-state index in [1.54, 1.807) is 42.5 Å². The van der Waals surface area contributed by atoms with Gasteiger partial charge in [-0.05, 0) is 67.2 Å². The number of carbonyl (C=O) groups is 2. The monoisotopic (exact) mass is 430 g/mol. The van der Waals surface area contributed by atoms with Crippen LogP contribution >= 0.6 is 24.0 Å². The van der Waals surface area contributed by atoms with Gasteiger partial charge in [-0.1, -0.05) is 17.8 Å². The van der Waals surface area contributed by atoms with Gasteiger partial charge in [-0.2, -0.15) is 5.01 Å². The summed E-state index contributed by atoms with van der Waals surface area (Å²) in [6, 6.07) is 11.3. The summed E-state index contributed by atoms with van der Waals surface area (Å²) in [5.74, 6) is 0.0598. The molecule has 1 heterocycles. The normalized spacial score (nSPS) is 15.0. The van der Waals surface area contributed by atoms with Crippen molar-refractivity contribution in [2.75, 3.05) is 13.7 Å². The molecule has 150 valence electrons. The van der Waals surface area contributed by atoms with Crippen LogP contribution < -0.4 is 14.9 Å². The lowest BCUT2D eigenvalue weighted by Gasteiger charge is -2.15. The first-order valence-corrected chi connectivity index (χ1v) is 9.84. The fourth-order valence-corrected chi connectivity index (χ4v) is 3.70. The number of hydrogen-bond donors (Lipinski definition) is 2. The lowest BCUT2D eigenvalue weighted by Crippen LogP contribution is -2.44. The van der Waals surface area contributed by atoms with E-state index in [4.69, 9.17) is 21.7 Å². The molecule has 2 amide bonds. The Balaban J connectivity index is 1.76. The Bertz CT molecular complexity index is 989. The smallest absolute Gasteiger partial charge is 0.285 e. The second-order valence-electron chi connectivity index (χ2n) is 5.85. The Kier molecular flexibility index (Phi) is 6.40. The Morgan fingerprint density at radius 2 is 2.00 bits per heavy atom. The highest BCUT2D eigenvalue weighted by atomic mass is 32.2. The molecule has 1 aliphatic heterocycles. The van der Waals surface area contributed by atoms with E-state index in [1.165, 1.54) is 13.2 Å². The van der Waals surface area contributed by atoms with Crippen molar-refractivity contribution < 1.29 is 24.2 Å². The van der Waals surface area contributed by atoms with Crippen molar-refractivity contribution in [1.82, 2.24) is 10.4 Å². The number of nitrogens with zero attached hydrogens (tertiary/aromatic N) is 1. The molecule has 7 nitrogen and oxygen atoms in total. The number of nitrogens with one attached hydrogen (secondary N) is 1. The summed E-state index contributed by atoms with van der Waals surface area (Å²) in [6.45, 7) is 2.21. The molecule has 0 radical (unpaired) electrons. The zero-order valence-electron chi connectivity index (χ0n) is 15.7. The highest BCUT2D eigenvalue weighted by Gasteiger charge is 2.33. The molecule has 1 aliphatic rings. The van der Waals surface area contributed by atoms with Crippen molar-refractivity contribution in [1.29, 1.82) is 0 Å². The standard InChI is InChI=1S/C20H18N2O5S2/c1-3-27-16-10-12(4-9-15(16)23)11-17-19(25)22(20(28)29-17)21-18(24)13-5-7-14(26-2)8-6-13/h4-11,23H,3H2,1-2H3,(H,21,24)/b17-11+. The van der Waals surface area contributed by atoms with E-state index < -0.39 is 11.8 Å². The number of rotatable bonds is 6. The van der Waals surface area contributed by atoms with Crippen LogP contribution in [0, 0.1) is 0 Å². The van der Waals surface area contributed by atoms with Crippen LogP contribution in [0.2, 0.25) is 0 Å². The number of phenols is 1. The molecule has 0 saturated carbocycles. The number of carbonyl (C=O) groups excluding carboxylic acids is 2. The molecule has 1 fully saturated rings. The van der Waals surface area contributed by atoms with Gasteiger partial charge in [-0.25, -0.2) is 0 Å². The quantitative estimate of drug-likeness (QED) is 0.537. The van der Waals surface area contributed by atoms with Crippen molar-refractivity contribution in [3.05, 3.63) is 58.5 Å². The predicted octanol–water partition coefficient (Wildman–Crippen LogP) is 3.35. The lowest BCUT2D eigenvalue weighted by molar-refractivity contribution is -0.123. The molecular weight excluding hydrogens is 412 g/mol. The fourth-order valence-electron chi connectivity index (χ4n) is 2.52. The van der Waals surface area contributed by atoms with Crippen LogP contribution in [-0.2, 0) is 4.79 Å². The minimum atomic E-state index is -0.464. The van der Waals surface area contributed by atoms with Crippen molar-refractivity contribution in [2.24, 2.45) is 0 Å². The number of ether oxygens (including phenoxy) is 2. The van der Waals surface area contributed by atoms with Gasteiger partial charge in [0.1, 0.15) is 5.75 Å². The van der Waals surface area contributed by atoms with Crippen molar-refractivity contribution in [3.8, 4) is 17.2 Å². The van der Waals surface area contributed by atoms with Gasteiger partial charge < -0.3 is 14.6 Å². The minimum Gasteiger partial charge on any atom is -0.504 e. The van der Waals surface area contributed by atoms with Gasteiger partial charge in [0.25, 0.3) is 11.8 Å². The Morgan fingerprint density at radius 3 is 2.66 bits per heavy atom. The number of benzene rings is 2. The summed E-state index contributed by atoms with van der Waals surface area (Å²) in [5.41, 5.74) is 3.55. The van der Waals surface area contributed by atoms with Gasteiger partial charge >= 0.3 is 0 Å². The molecule has 1 saturated heterocycles. The molecule has 0 spiro atoms. The van der Waals surface area contributed by atoms with E-state index in [2.05, 4.69) is 5.43 Å². The highest BCUT2D eigenvalue weighted by Crippen LogP contribution is 2.33. The first-order chi connectivity index (χ1) is 13.9. The van der Waals surface area contributed by atoms with Crippen LogP contribution in [0.4, 0.5) is 0 Å².